The highest BCUT2D eigenvalue weighted by molar-refractivity contribution is 7.98. The Labute approximate surface area is 103 Å². The number of nitrogens with one attached hydrogen (secondary N) is 2. The minimum atomic E-state index is 0.611. The number of anilines is 1. The van der Waals surface area contributed by atoms with Crippen molar-refractivity contribution in [1.29, 1.82) is 0 Å². The highest BCUT2D eigenvalue weighted by Crippen LogP contribution is 2.33. The van der Waals surface area contributed by atoms with Gasteiger partial charge in [0.05, 0.1) is 5.69 Å². The van der Waals surface area contributed by atoms with Gasteiger partial charge in [-0.2, -0.15) is 16.9 Å². The fraction of sp³-hybridized carbons (Fsp3) is 0.400. The molecule has 2 aromatic heterocycles. The maximum atomic E-state index is 4.53. The number of aromatic nitrogens is 5. The van der Waals surface area contributed by atoms with Gasteiger partial charge >= 0.3 is 0 Å². The van der Waals surface area contributed by atoms with Crippen LogP contribution in [0.25, 0.3) is 11.6 Å². The molecule has 0 amide bonds. The van der Waals surface area contributed by atoms with E-state index in [4.69, 9.17) is 0 Å². The van der Waals surface area contributed by atoms with Gasteiger partial charge in [-0.25, -0.2) is 15.0 Å². The standard InChI is InChI=1S/C10H12N6S/c1-2-11-8-6-3-17-4-7(6)14-10(15-8)9-12-5-13-16-9/h5H,2-4H2,1H3,(H,11,14,15)(H,12,13,16). The first-order valence-corrected chi connectivity index (χ1v) is 6.61. The normalized spacial score (nSPS) is 13.7. The summed E-state index contributed by atoms with van der Waals surface area (Å²) in [5, 5.41) is 9.90. The summed E-state index contributed by atoms with van der Waals surface area (Å²) in [5.41, 5.74) is 2.33. The molecule has 3 rings (SSSR count). The van der Waals surface area contributed by atoms with Crippen molar-refractivity contribution < 1.29 is 0 Å². The molecule has 0 bridgehead atoms. The van der Waals surface area contributed by atoms with Crippen LogP contribution < -0.4 is 5.32 Å². The zero-order valence-electron chi connectivity index (χ0n) is 9.40. The molecule has 88 valence electrons. The molecule has 1 aliphatic heterocycles. The highest BCUT2D eigenvalue weighted by atomic mass is 32.2. The third kappa shape index (κ3) is 1.86. The average molecular weight is 248 g/mol. The zero-order valence-corrected chi connectivity index (χ0v) is 10.2. The van der Waals surface area contributed by atoms with E-state index in [0.717, 1.165) is 29.6 Å². The Bertz CT molecular complexity index is 524. The first kappa shape index (κ1) is 10.5. The van der Waals surface area contributed by atoms with Gasteiger partial charge in [-0.1, -0.05) is 0 Å². The van der Waals surface area contributed by atoms with Crippen LogP contribution in [0.4, 0.5) is 5.82 Å². The topological polar surface area (TPSA) is 79.4 Å². The molecule has 0 radical (unpaired) electrons. The number of nitrogens with zero attached hydrogens (tertiary/aromatic N) is 4. The largest absolute Gasteiger partial charge is 0.370 e. The summed E-state index contributed by atoms with van der Waals surface area (Å²) in [4.78, 5) is 13.1. The van der Waals surface area contributed by atoms with E-state index in [1.54, 1.807) is 0 Å². The van der Waals surface area contributed by atoms with Gasteiger partial charge in [-0.3, -0.25) is 5.10 Å². The predicted octanol–water partition coefficient (Wildman–Crippen LogP) is 1.44. The second-order valence-corrected chi connectivity index (χ2v) is 4.66. The van der Waals surface area contributed by atoms with E-state index in [1.165, 1.54) is 11.9 Å². The number of H-pyrrole nitrogens is 1. The summed E-state index contributed by atoms with van der Waals surface area (Å²) in [6.07, 6.45) is 1.47. The molecule has 6 nitrogen and oxygen atoms in total. The third-order valence-corrected chi connectivity index (χ3v) is 3.52. The lowest BCUT2D eigenvalue weighted by molar-refractivity contribution is 1.01. The molecule has 3 heterocycles. The molecule has 2 N–H and O–H groups in total. The summed E-state index contributed by atoms with van der Waals surface area (Å²) < 4.78 is 0. The molecule has 0 saturated heterocycles. The Hall–Kier alpha value is -1.63. The zero-order chi connectivity index (χ0) is 11.7. The molecule has 7 heteroatoms. The number of hydrogen-bond acceptors (Lipinski definition) is 6. The van der Waals surface area contributed by atoms with Crippen LogP contribution >= 0.6 is 11.8 Å². The SMILES string of the molecule is CCNc1nc(-c2ncn[nH]2)nc2c1CSC2. The number of hydrogen-bond donors (Lipinski definition) is 2. The number of fused-ring (bicyclic) bond motifs is 1. The van der Waals surface area contributed by atoms with Gasteiger partial charge < -0.3 is 5.32 Å². The molecule has 0 fully saturated rings. The smallest absolute Gasteiger partial charge is 0.199 e. The summed E-state index contributed by atoms with van der Waals surface area (Å²) >= 11 is 1.86. The van der Waals surface area contributed by atoms with E-state index in [2.05, 4.69) is 37.4 Å². The molecule has 17 heavy (non-hydrogen) atoms. The van der Waals surface area contributed by atoms with Gasteiger partial charge in [0.2, 0.25) is 0 Å². The van der Waals surface area contributed by atoms with Crippen LogP contribution in [0, 0.1) is 0 Å². The van der Waals surface area contributed by atoms with Crippen LogP contribution in [0.1, 0.15) is 18.2 Å². The van der Waals surface area contributed by atoms with Crippen LogP contribution in [0.15, 0.2) is 6.33 Å². The molecule has 0 saturated carbocycles. The summed E-state index contributed by atoms with van der Waals surface area (Å²) in [6.45, 7) is 2.91. The first-order valence-electron chi connectivity index (χ1n) is 5.45. The van der Waals surface area contributed by atoms with E-state index in [-0.39, 0.29) is 0 Å². The predicted molar refractivity (Wildman–Crippen MR) is 66.6 cm³/mol. The first-order chi connectivity index (χ1) is 8.38. The fourth-order valence-electron chi connectivity index (χ4n) is 1.78. The summed E-state index contributed by atoms with van der Waals surface area (Å²) in [6, 6.07) is 0. The Kier molecular flexibility index (Phi) is 2.68. The van der Waals surface area contributed by atoms with Crippen molar-refractivity contribution in [2.45, 2.75) is 18.4 Å². The van der Waals surface area contributed by atoms with Gasteiger partial charge in [-0.15, -0.1) is 0 Å². The number of aromatic amines is 1. The molecule has 0 atom stereocenters. The average Bonchev–Trinajstić information content (AvgIpc) is 3.00. The Morgan fingerprint density at radius 2 is 2.35 bits per heavy atom. The van der Waals surface area contributed by atoms with E-state index in [1.807, 2.05) is 11.8 Å². The lowest BCUT2D eigenvalue weighted by atomic mass is 10.2. The minimum Gasteiger partial charge on any atom is -0.370 e. The molecule has 1 aliphatic rings. The van der Waals surface area contributed by atoms with Crippen molar-refractivity contribution in [3.05, 3.63) is 17.6 Å². The van der Waals surface area contributed by atoms with Crippen LogP contribution in [0.3, 0.4) is 0 Å². The number of rotatable bonds is 3. The quantitative estimate of drug-likeness (QED) is 0.855. The monoisotopic (exact) mass is 248 g/mol. The van der Waals surface area contributed by atoms with Gasteiger partial charge in [-0.05, 0) is 6.92 Å². The van der Waals surface area contributed by atoms with Crippen molar-refractivity contribution in [3.8, 4) is 11.6 Å². The third-order valence-electron chi connectivity index (χ3n) is 2.55. The highest BCUT2D eigenvalue weighted by Gasteiger charge is 2.20. The maximum absolute atomic E-state index is 4.53. The summed E-state index contributed by atoms with van der Waals surface area (Å²) in [5.74, 6) is 4.07. The molecule has 0 spiro atoms. The molecule has 0 aliphatic carbocycles. The van der Waals surface area contributed by atoms with Crippen LogP contribution in [-0.4, -0.2) is 31.7 Å². The number of thioether (sulfide) groups is 1. The molecule has 2 aromatic rings. The second-order valence-electron chi connectivity index (χ2n) is 3.68. The van der Waals surface area contributed by atoms with Gasteiger partial charge in [0.1, 0.15) is 12.1 Å². The Morgan fingerprint density at radius 1 is 1.41 bits per heavy atom. The van der Waals surface area contributed by atoms with Crippen molar-refractivity contribution in [1.82, 2.24) is 25.1 Å². The van der Waals surface area contributed by atoms with Gasteiger partial charge in [0, 0.05) is 23.6 Å². The fourth-order valence-corrected chi connectivity index (χ4v) is 2.83. The van der Waals surface area contributed by atoms with Crippen molar-refractivity contribution in [3.63, 3.8) is 0 Å². The molecule has 0 aromatic carbocycles. The maximum Gasteiger partial charge on any atom is 0.199 e. The lowest BCUT2D eigenvalue weighted by Gasteiger charge is -2.08. The van der Waals surface area contributed by atoms with Crippen molar-refractivity contribution in [2.75, 3.05) is 11.9 Å². The van der Waals surface area contributed by atoms with E-state index in [0.29, 0.717) is 11.6 Å². The second kappa shape index (κ2) is 4.33. The Morgan fingerprint density at radius 3 is 3.12 bits per heavy atom. The van der Waals surface area contributed by atoms with E-state index < -0.39 is 0 Å². The van der Waals surface area contributed by atoms with E-state index >= 15 is 0 Å². The molecule has 0 unspecified atom stereocenters. The van der Waals surface area contributed by atoms with Gasteiger partial charge in [0.25, 0.3) is 0 Å². The minimum absolute atomic E-state index is 0.611. The lowest BCUT2D eigenvalue weighted by Crippen LogP contribution is -2.07. The van der Waals surface area contributed by atoms with Crippen LogP contribution in [-0.2, 0) is 11.5 Å². The van der Waals surface area contributed by atoms with Crippen LogP contribution in [0.5, 0.6) is 0 Å². The van der Waals surface area contributed by atoms with Crippen LogP contribution in [0.2, 0.25) is 0 Å². The van der Waals surface area contributed by atoms with Gasteiger partial charge in [0.15, 0.2) is 11.6 Å². The van der Waals surface area contributed by atoms with E-state index in [9.17, 15) is 0 Å². The van der Waals surface area contributed by atoms with Crippen molar-refractivity contribution in [2.24, 2.45) is 0 Å². The molecular weight excluding hydrogens is 236 g/mol. The molecular formula is C10H12N6S. The Balaban J connectivity index is 2.09. The van der Waals surface area contributed by atoms with Crippen molar-refractivity contribution >= 4 is 17.6 Å². The summed E-state index contributed by atoms with van der Waals surface area (Å²) in [7, 11) is 0.